The minimum atomic E-state index is -0.297. The fourth-order valence-corrected chi connectivity index (χ4v) is 1.92. The first-order valence-electron chi connectivity index (χ1n) is 6.54. The zero-order chi connectivity index (χ0) is 14.5. The van der Waals surface area contributed by atoms with Gasteiger partial charge < -0.3 is 10.6 Å². The second-order valence-electron chi connectivity index (χ2n) is 4.45. The summed E-state index contributed by atoms with van der Waals surface area (Å²) in [5.74, 6) is 0. The van der Waals surface area contributed by atoms with Crippen molar-refractivity contribution in [2.45, 2.75) is 0 Å². The van der Waals surface area contributed by atoms with Gasteiger partial charge in [0.15, 0.2) is 0 Å². The van der Waals surface area contributed by atoms with Crippen molar-refractivity contribution < 1.29 is 4.79 Å². The standard InChI is InChI=1S/C16H14N4O/c21-16(18-13-7-3-1-4-8-13)19-14-11-17-20(12-14)15-9-5-2-6-10-15/h1-12H,(H2,18,19,21). The van der Waals surface area contributed by atoms with E-state index in [4.69, 9.17) is 0 Å². The van der Waals surface area contributed by atoms with Gasteiger partial charge in [-0.3, -0.25) is 0 Å². The monoisotopic (exact) mass is 278 g/mol. The maximum absolute atomic E-state index is 11.9. The summed E-state index contributed by atoms with van der Waals surface area (Å²) >= 11 is 0. The van der Waals surface area contributed by atoms with Gasteiger partial charge in [-0.15, -0.1) is 0 Å². The van der Waals surface area contributed by atoms with Crippen LogP contribution in [0.4, 0.5) is 16.2 Å². The third-order valence-electron chi connectivity index (χ3n) is 2.89. The van der Waals surface area contributed by atoms with Crippen LogP contribution >= 0.6 is 0 Å². The van der Waals surface area contributed by atoms with E-state index in [-0.39, 0.29) is 6.03 Å². The molecule has 3 rings (SSSR count). The van der Waals surface area contributed by atoms with Crippen LogP contribution in [-0.2, 0) is 0 Å². The number of benzene rings is 2. The first kappa shape index (κ1) is 12.9. The molecule has 3 aromatic rings. The summed E-state index contributed by atoms with van der Waals surface area (Å²) in [5.41, 5.74) is 2.31. The number of anilines is 2. The van der Waals surface area contributed by atoms with Crippen molar-refractivity contribution in [1.29, 1.82) is 0 Å². The molecular formula is C16H14N4O. The van der Waals surface area contributed by atoms with E-state index in [1.54, 1.807) is 17.1 Å². The molecule has 0 aliphatic heterocycles. The smallest absolute Gasteiger partial charge is 0.308 e. The normalized spacial score (nSPS) is 10.1. The lowest BCUT2D eigenvalue weighted by Crippen LogP contribution is -2.18. The number of hydrogen-bond acceptors (Lipinski definition) is 2. The summed E-state index contributed by atoms with van der Waals surface area (Å²) in [6.07, 6.45) is 3.37. The molecule has 1 aromatic heterocycles. The summed E-state index contributed by atoms with van der Waals surface area (Å²) < 4.78 is 1.71. The van der Waals surface area contributed by atoms with E-state index in [0.29, 0.717) is 5.69 Å². The van der Waals surface area contributed by atoms with E-state index in [1.807, 2.05) is 60.7 Å². The first-order chi connectivity index (χ1) is 10.3. The molecule has 0 saturated carbocycles. The second kappa shape index (κ2) is 5.92. The Hall–Kier alpha value is -3.08. The molecule has 0 aliphatic carbocycles. The molecule has 0 spiro atoms. The largest absolute Gasteiger partial charge is 0.323 e. The molecule has 5 heteroatoms. The van der Waals surface area contributed by atoms with Crippen LogP contribution in [0.3, 0.4) is 0 Å². The van der Waals surface area contributed by atoms with Crippen LogP contribution in [0.5, 0.6) is 0 Å². The van der Waals surface area contributed by atoms with Gasteiger partial charge in [-0.1, -0.05) is 36.4 Å². The van der Waals surface area contributed by atoms with E-state index in [0.717, 1.165) is 11.4 Å². The predicted octanol–water partition coefficient (Wildman–Crippen LogP) is 3.52. The second-order valence-corrected chi connectivity index (χ2v) is 4.45. The van der Waals surface area contributed by atoms with Crippen molar-refractivity contribution in [2.24, 2.45) is 0 Å². The fourth-order valence-electron chi connectivity index (χ4n) is 1.92. The number of amides is 2. The molecule has 0 atom stereocenters. The van der Waals surface area contributed by atoms with Crippen LogP contribution in [0.25, 0.3) is 5.69 Å². The van der Waals surface area contributed by atoms with Crippen molar-refractivity contribution in [1.82, 2.24) is 9.78 Å². The molecule has 0 aliphatic rings. The molecule has 21 heavy (non-hydrogen) atoms. The first-order valence-corrected chi connectivity index (χ1v) is 6.54. The molecule has 104 valence electrons. The number of para-hydroxylation sites is 2. The number of nitrogens with one attached hydrogen (secondary N) is 2. The Bertz CT molecular complexity index is 722. The van der Waals surface area contributed by atoms with Gasteiger partial charge in [-0.2, -0.15) is 5.10 Å². The lowest BCUT2D eigenvalue weighted by molar-refractivity contribution is 0.262. The molecule has 0 radical (unpaired) electrons. The Morgan fingerprint density at radius 2 is 1.48 bits per heavy atom. The quantitative estimate of drug-likeness (QED) is 0.770. The molecule has 2 N–H and O–H groups in total. The Morgan fingerprint density at radius 3 is 2.19 bits per heavy atom. The third-order valence-corrected chi connectivity index (χ3v) is 2.89. The SMILES string of the molecule is O=C(Nc1ccccc1)Nc1cnn(-c2ccccc2)c1. The van der Waals surface area contributed by atoms with E-state index < -0.39 is 0 Å². The zero-order valence-electron chi connectivity index (χ0n) is 11.2. The molecule has 0 saturated heterocycles. The van der Waals surface area contributed by atoms with Crippen molar-refractivity contribution in [3.8, 4) is 5.69 Å². The Morgan fingerprint density at radius 1 is 0.857 bits per heavy atom. The van der Waals surface area contributed by atoms with Crippen molar-refractivity contribution in [3.05, 3.63) is 73.1 Å². The topological polar surface area (TPSA) is 59.0 Å². The number of hydrogen-bond donors (Lipinski definition) is 2. The summed E-state index contributed by atoms with van der Waals surface area (Å²) in [6.45, 7) is 0. The van der Waals surface area contributed by atoms with Crippen LogP contribution < -0.4 is 10.6 Å². The highest BCUT2D eigenvalue weighted by atomic mass is 16.2. The average Bonchev–Trinajstić information content (AvgIpc) is 2.97. The molecule has 2 aromatic carbocycles. The Balaban J connectivity index is 1.66. The minimum absolute atomic E-state index is 0.297. The van der Waals surface area contributed by atoms with Crippen molar-refractivity contribution in [3.63, 3.8) is 0 Å². The highest BCUT2D eigenvalue weighted by Gasteiger charge is 2.05. The van der Waals surface area contributed by atoms with Crippen molar-refractivity contribution >= 4 is 17.4 Å². The van der Waals surface area contributed by atoms with Crippen LogP contribution in [0.15, 0.2) is 73.1 Å². The average molecular weight is 278 g/mol. The maximum Gasteiger partial charge on any atom is 0.323 e. The molecular weight excluding hydrogens is 264 g/mol. The van der Waals surface area contributed by atoms with Gasteiger partial charge in [0.25, 0.3) is 0 Å². The van der Waals surface area contributed by atoms with Gasteiger partial charge in [0, 0.05) is 5.69 Å². The summed E-state index contributed by atoms with van der Waals surface area (Å²) in [7, 11) is 0. The van der Waals surface area contributed by atoms with Gasteiger partial charge in [0.2, 0.25) is 0 Å². The van der Waals surface area contributed by atoms with E-state index in [1.165, 1.54) is 0 Å². The molecule has 0 fully saturated rings. The van der Waals surface area contributed by atoms with E-state index >= 15 is 0 Å². The zero-order valence-corrected chi connectivity index (χ0v) is 11.2. The lowest BCUT2D eigenvalue weighted by atomic mass is 10.3. The summed E-state index contributed by atoms with van der Waals surface area (Å²) in [6, 6.07) is 18.7. The highest BCUT2D eigenvalue weighted by molar-refractivity contribution is 5.99. The summed E-state index contributed by atoms with van der Waals surface area (Å²) in [5, 5.41) is 9.72. The molecule has 0 bridgehead atoms. The number of rotatable bonds is 3. The van der Waals surface area contributed by atoms with Gasteiger partial charge in [-0.05, 0) is 24.3 Å². The number of carbonyl (C=O) groups excluding carboxylic acids is 1. The van der Waals surface area contributed by atoms with Gasteiger partial charge in [0.1, 0.15) is 0 Å². The molecule has 1 heterocycles. The maximum atomic E-state index is 11.9. The number of aromatic nitrogens is 2. The van der Waals surface area contributed by atoms with Gasteiger partial charge in [-0.25, -0.2) is 9.48 Å². The van der Waals surface area contributed by atoms with E-state index in [9.17, 15) is 4.79 Å². The highest BCUT2D eigenvalue weighted by Crippen LogP contribution is 2.12. The Kier molecular flexibility index (Phi) is 3.64. The summed E-state index contributed by atoms with van der Waals surface area (Å²) in [4.78, 5) is 11.9. The van der Waals surface area contributed by atoms with Gasteiger partial charge >= 0.3 is 6.03 Å². The van der Waals surface area contributed by atoms with Crippen LogP contribution in [0.1, 0.15) is 0 Å². The molecule has 2 amide bonds. The van der Waals surface area contributed by atoms with Gasteiger partial charge in [0.05, 0.1) is 23.8 Å². The number of carbonyl (C=O) groups is 1. The minimum Gasteiger partial charge on any atom is -0.308 e. The fraction of sp³-hybridized carbons (Fsp3) is 0. The van der Waals surface area contributed by atoms with Crippen LogP contribution in [0, 0.1) is 0 Å². The molecule has 5 nitrogen and oxygen atoms in total. The van der Waals surface area contributed by atoms with E-state index in [2.05, 4.69) is 15.7 Å². The number of nitrogens with zero attached hydrogens (tertiary/aromatic N) is 2. The van der Waals surface area contributed by atoms with Crippen LogP contribution in [0.2, 0.25) is 0 Å². The molecule has 0 unspecified atom stereocenters. The predicted molar refractivity (Wildman–Crippen MR) is 82.6 cm³/mol. The number of urea groups is 1. The van der Waals surface area contributed by atoms with Crippen LogP contribution in [-0.4, -0.2) is 15.8 Å². The Labute approximate surface area is 122 Å². The third kappa shape index (κ3) is 3.27. The lowest BCUT2D eigenvalue weighted by Gasteiger charge is -2.05. The van der Waals surface area contributed by atoms with Crippen molar-refractivity contribution in [2.75, 3.05) is 10.6 Å².